The summed E-state index contributed by atoms with van der Waals surface area (Å²) in [5, 5.41) is 2.41. The maximum atomic E-state index is 11.5. The summed E-state index contributed by atoms with van der Waals surface area (Å²) in [5.41, 5.74) is 0. The molecule has 0 fully saturated rings. The van der Waals surface area contributed by atoms with E-state index in [9.17, 15) is 9.59 Å². The number of rotatable bonds is 22. The Balaban J connectivity index is 3.20. The molecule has 0 aromatic carbocycles. The summed E-state index contributed by atoms with van der Waals surface area (Å²) in [6.45, 7) is 5.00. The Morgan fingerprint density at radius 3 is 1.40 bits per heavy atom. The zero-order valence-electron chi connectivity index (χ0n) is 20.0. The number of hydrogen-bond donors (Lipinski definition) is 1. The van der Waals surface area contributed by atoms with E-state index in [0.717, 1.165) is 25.7 Å². The summed E-state index contributed by atoms with van der Waals surface area (Å²) in [6, 6.07) is 0. The molecule has 0 unspecified atom stereocenters. The van der Waals surface area contributed by atoms with Crippen LogP contribution in [0.15, 0.2) is 0 Å². The second-order valence-electron chi connectivity index (χ2n) is 8.37. The number of esters is 1. The molecule has 0 bridgehead atoms. The van der Waals surface area contributed by atoms with Gasteiger partial charge in [-0.2, -0.15) is 0 Å². The van der Waals surface area contributed by atoms with E-state index in [4.69, 9.17) is 9.47 Å². The van der Waals surface area contributed by atoms with Crippen LogP contribution >= 0.6 is 0 Å². The molecule has 5 heteroatoms. The van der Waals surface area contributed by atoms with Gasteiger partial charge in [0.1, 0.15) is 6.54 Å². The molecule has 0 heterocycles. The van der Waals surface area contributed by atoms with Gasteiger partial charge in [0.15, 0.2) is 0 Å². The summed E-state index contributed by atoms with van der Waals surface area (Å²) in [5.74, 6) is -0.400. The van der Waals surface area contributed by atoms with Gasteiger partial charge in [-0.25, -0.2) is 4.79 Å². The molecular weight excluding hydrogens is 378 g/mol. The van der Waals surface area contributed by atoms with Gasteiger partial charge in [0, 0.05) is 0 Å². The van der Waals surface area contributed by atoms with E-state index in [0.29, 0.717) is 13.2 Å². The topological polar surface area (TPSA) is 64.6 Å². The highest BCUT2D eigenvalue weighted by Crippen LogP contribution is 2.13. The number of alkyl carbamates (subject to hydrolysis) is 1. The SMILES string of the molecule is CCCCCCCCCCCCCCCCCCOC(=O)CNC(=O)OCCCC. The van der Waals surface area contributed by atoms with Gasteiger partial charge >= 0.3 is 12.1 Å². The van der Waals surface area contributed by atoms with Crippen LogP contribution in [0.1, 0.15) is 129 Å². The lowest BCUT2D eigenvalue weighted by Crippen LogP contribution is -2.31. The summed E-state index contributed by atoms with van der Waals surface area (Å²) in [7, 11) is 0. The third-order valence-electron chi connectivity index (χ3n) is 5.37. The number of nitrogens with one attached hydrogen (secondary N) is 1. The number of carbonyl (C=O) groups excluding carboxylic acids is 2. The van der Waals surface area contributed by atoms with Crippen LogP contribution in [-0.4, -0.2) is 31.8 Å². The van der Waals surface area contributed by atoms with Crippen LogP contribution in [0.25, 0.3) is 0 Å². The Morgan fingerprint density at radius 2 is 0.933 bits per heavy atom. The van der Waals surface area contributed by atoms with Crippen molar-refractivity contribution < 1.29 is 19.1 Å². The summed E-state index contributed by atoms with van der Waals surface area (Å²) < 4.78 is 10.0. The highest BCUT2D eigenvalue weighted by Gasteiger charge is 2.06. The molecule has 0 aromatic heterocycles. The lowest BCUT2D eigenvalue weighted by molar-refractivity contribution is -0.142. The third-order valence-corrected chi connectivity index (χ3v) is 5.37. The van der Waals surface area contributed by atoms with E-state index >= 15 is 0 Å². The largest absolute Gasteiger partial charge is 0.464 e. The number of ether oxygens (including phenoxy) is 2. The van der Waals surface area contributed by atoms with Crippen LogP contribution in [0.5, 0.6) is 0 Å². The fourth-order valence-corrected chi connectivity index (χ4v) is 3.39. The molecule has 1 N–H and O–H groups in total. The highest BCUT2D eigenvalue weighted by atomic mass is 16.6. The van der Waals surface area contributed by atoms with E-state index in [1.807, 2.05) is 6.92 Å². The normalized spacial score (nSPS) is 10.7. The molecule has 0 spiro atoms. The quantitative estimate of drug-likeness (QED) is 0.145. The van der Waals surface area contributed by atoms with E-state index in [1.54, 1.807) is 0 Å². The fourth-order valence-electron chi connectivity index (χ4n) is 3.39. The maximum Gasteiger partial charge on any atom is 0.407 e. The monoisotopic (exact) mass is 427 g/mol. The van der Waals surface area contributed by atoms with Crippen LogP contribution < -0.4 is 5.32 Å². The molecule has 0 radical (unpaired) electrons. The van der Waals surface area contributed by atoms with Crippen molar-refractivity contribution in [1.29, 1.82) is 0 Å². The van der Waals surface area contributed by atoms with Gasteiger partial charge < -0.3 is 14.8 Å². The second kappa shape index (κ2) is 24.0. The van der Waals surface area contributed by atoms with Crippen LogP contribution in [0, 0.1) is 0 Å². The Morgan fingerprint density at radius 1 is 0.533 bits per heavy atom. The minimum absolute atomic E-state index is 0.121. The smallest absolute Gasteiger partial charge is 0.407 e. The van der Waals surface area contributed by atoms with Crippen LogP contribution in [-0.2, 0) is 14.3 Å². The Bertz CT molecular complexity index is 387. The van der Waals surface area contributed by atoms with E-state index in [-0.39, 0.29) is 6.54 Å². The predicted octanol–water partition coefficient (Wildman–Crippen LogP) is 7.32. The fraction of sp³-hybridized carbons (Fsp3) is 0.920. The molecule has 0 saturated carbocycles. The Labute approximate surface area is 186 Å². The molecule has 0 aliphatic heterocycles. The maximum absolute atomic E-state index is 11.5. The van der Waals surface area contributed by atoms with Crippen molar-refractivity contribution in [2.75, 3.05) is 19.8 Å². The molecule has 30 heavy (non-hydrogen) atoms. The summed E-state index contributed by atoms with van der Waals surface area (Å²) in [6.07, 6.45) is 22.4. The van der Waals surface area contributed by atoms with Gasteiger partial charge in [0.05, 0.1) is 13.2 Å². The van der Waals surface area contributed by atoms with Gasteiger partial charge in [0.25, 0.3) is 0 Å². The van der Waals surface area contributed by atoms with Crippen molar-refractivity contribution in [1.82, 2.24) is 5.32 Å². The van der Waals surface area contributed by atoms with E-state index < -0.39 is 12.1 Å². The lowest BCUT2D eigenvalue weighted by atomic mass is 10.0. The lowest BCUT2D eigenvalue weighted by Gasteiger charge is -2.07. The van der Waals surface area contributed by atoms with Crippen molar-refractivity contribution in [2.24, 2.45) is 0 Å². The molecule has 5 nitrogen and oxygen atoms in total. The molecule has 0 rings (SSSR count). The zero-order valence-corrected chi connectivity index (χ0v) is 20.0. The minimum atomic E-state index is -0.553. The average molecular weight is 428 g/mol. The summed E-state index contributed by atoms with van der Waals surface area (Å²) in [4.78, 5) is 22.9. The van der Waals surface area contributed by atoms with Gasteiger partial charge in [-0.3, -0.25) is 4.79 Å². The van der Waals surface area contributed by atoms with Crippen LogP contribution in [0.2, 0.25) is 0 Å². The van der Waals surface area contributed by atoms with Crippen molar-refractivity contribution in [3.8, 4) is 0 Å². The molecule has 0 aliphatic carbocycles. The number of unbranched alkanes of at least 4 members (excludes halogenated alkanes) is 16. The van der Waals surface area contributed by atoms with Gasteiger partial charge in [-0.15, -0.1) is 0 Å². The van der Waals surface area contributed by atoms with Crippen molar-refractivity contribution >= 4 is 12.1 Å². The first kappa shape index (κ1) is 28.7. The van der Waals surface area contributed by atoms with Crippen LogP contribution in [0.4, 0.5) is 4.79 Å². The van der Waals surface area contributed by atoms with E-state index in [1.165, 1.54) is 89.9 Å². The standard InChI is InChI=1S/C25H49NO4/c1-3-5-7-8-9-10-11-12-13-14-15-16-17-18-19-20-22-29-24(27)23-26-25(28)30-21-6-4-2/h3-23H2,1-2H3,(H,26,28). The first-order valence-corrected chi connectivity index (χ1v) is 12.8. The molecule has 1 amide bonds. The second-order valence-corrected chi connectivity index (χ2v) is 8.37. The van der Waals surface area contributed by atoms with E-state index in [2.05, 4.69) is 12.2 Å². The van der Waals surface area contributed by atoms with Gasteiger partial charge in [-0.1, -0.05) is 117 Å². The molecule has 0 aromatic rings. The number of carbonyl (C=O) groups is 2. The Kier molecular flexibility index (Phi) is 23.0. The number of amides is 1. The highest BCUT2D eigenvalue weighted by molar-refractivity contribution is 5.77. The van der Waals surface area contributed by atoms with Crippen molar-refractivity contribution in [2.45, 2.75) is 129 Å². The predicted molar refractivity (Wildman–Crippen MR) is 125 cm³/mol. The molecular formula is C25H49NO4. The van der Waals surface area contributed by atoms with Crippen molar-refractivity contribution in [3.63, 3.8) is 0 Å². The first-order chi connectivity index (χ1) is 14.7. The Hall–Kier alpha value is -1.26. The molecule has 0 atom stereocenters. The van der Waals surface area contributed by atoms with Crippen LogP contribution in [0.3, 0.4) is 0 Å². The molecule has 178 valence electrons. The summed E-state index contributed by atoms with van der Waals surface area (Å²) >= 11 is 0. The van der Waals surface area contributed by atoms with Gasteiger partial charge in [-0.05, 0) is 12.8 Å². The minimum Gasteiger partial charge on any atom is -0.464 e. The molecule has 0 aliphatic rings. The average Bonchev–Trinajstić information content (AvgIpc) is 2.74. The molecule has 0 saturated heterocycles. The zero-order chi connectivity index (χ0) is 22.1. The van der Waals surface area contributed by atoms with Gasteiger partial charge in [0.2, 0.25) is 0 Å². The first-order valence-electron chi connectivity index (χ1n) is 12.8. The number of hydrogen-bond acceptors (Lipinski definition) is 4. The third kappa shape index (κ3) is 23.0. The van der Waals surface area contributed by atoms with Crippen molar-refractivity contribution in [3.05, 3.63) is 0 Å².